The molecule has 0 aliphatic carbocycles. The summed E-state index contributed by atoms with van der Waals surface area (Å²) in [6.45, 7) is 3.44. The van der Waals surface area contributed by atoms with Gasteiger partial charge in [0.1, 0.15) is 6.61 Å². The number of unbranched alkanes of at least 4 members (excludes halogenated alkanes) is 17. The Morgan fingerprint density at radius 1 is 0.652 bits per heavy atom. The molecule has 3 N–H and O–H groups in total. The lowest BCUT2D eigenvalue weighted by Gasteiger charge is -2.19. The molecule has 0 saturated carbocycles. The van der Waals surface area contributed by atoms with Crippen LogP contribution in [0.25, 0.3) is 0 Å². The van der Waals surface area contributed by atoms with E-state index in [2.05, 4.69) is 31.2 Å². The number of esters is 2. The van der Waals surface area contributed by atoms with Gasteiger partial charge in [-0.05, 0) is 44.9 Å². The minimum atomic E-state index is -4.35. The van der Waals surface area contributed by atoms with Crippen molar-refractivity contribution in [3.63, 3.8) is 0 Å². The number of phosphoric ester groups is 1. The summed E-state index contributed by atoms with van der Waals surface area (Å²) < 4.78 is 32.1. The van der Waals surface area contributed by atoms with Crippen LogP contribution in [0.5, 0.6) is 0 Å². The first-order valence-corrected chi connectivity index (χ1v) is 19.8. The topological polar surface area (TPSA) is 134 Å². The lowest BCUT2D eigenvalue weighted by atomic mass is 10.0. The average Bonchev–Trinajstić information content (AvgIpc) is 3.04. The number of rotatable bonds is 34. The Morgan fingerprint density at radius 2 is 1.15 bits per heavy atom. The highest BCUT2D eigenvalue weighted by atomic mass is 31.2. The first kappa shape index (κ1) is 44.5. The first-order valence-electron chi connectivity index (χ1n) is 18.3. The number of carbonyl (C=O) groups excluding carboxylic acids is 2. The monoisotopic (exact) mass is 673 g/mol. The molecular weight excluding hydrogens is 605 g/mol. The van der Waals surface area contributed by atoms with Crippen molar-refractivity contribution in [2.24, 2.45) is 5.73 Å². The molecule has 0 aromatic carbocycles. The van der Waals surface area contributed by atoms with Crippen molar-refractivity contribution < 1.29 is 37.6 Å². The second-order valence-electron chi connectivity index (χ2n) is 12.1. The van der Waals surface area contributed by atoms with Gasteiger partial charge >= 0.3 is 19.8 Å². The summed E-state index contributed by atoms with van der Waals surface area (Å²) in [4.78, 5) is 34.0. The summed E-state index contributed by atoms with van der Waals surface area (Å²) in [5.74, 6) is -0.871. The zero-order valence-corrected chi connectivity index (χ0v) is 30.2. The maximum absolute atomic E-state index is 12.4. The van der Waals surface area contributed by atoms with Gasteiger partial charge in [-0.25, -0.2) is 4.57 Å². The lowest BCUT2D eigenvalue weighted by Crippen LogP contribution is -2.29. The van der Waals surface area contributed by atoms with Gasteiger partial charge in [0.25, 0.3) is 0 Å². The van der Waals surface area contributed by atoms with E-state index in [0.717, 1.165) is 32.1 Å². The first-order chi connectivity index (χ1) is 22.3. The highest BCUT2D eigenvalue weighted by Gasteiger charge is 2.25. The number of phosphoric acid groups is 1. The number of ether oxygens (including phenoxy) is 2. The molecule has 0 spiro atoms. The van der Waals surface area contributed by atoms with Crippen LogP contribution in [-0.2, 0) is 32.7 Å². The Kier molecular flexibility index (Phi) is 32.3. The van der Waals surface area contributed by atoms with Crippen molar-refractivity contribution in [1.29, 1.82) is 0 Å². The molecule has 9 nitrogen and oxygen atoms in total. The fourth-order valence-electron chi connectivity index (χ4n) is 4.82. The van der Waals surface area contributed by atoms with Gasteiger partial charge in [0, 0.05) is 19.4 Å². The molecule has 0 aliphatic rings. The van der Waals surface area contributed by atoms with Gasteiger partial charge in [-0.2, -0.15) is 0 Å². The van der Waals surface area contributed by atoms with E-state index >= 15 is 0 Å². The van der Waals surface area contributed by atoms with Crippen LogP contribution in [0.2, 0.25) is 0 Å². The summed E-state index contributed by atoms with van der Waals surface area (Å²) in [6.07, 6.45) is 33.4. The van der Waals surface area contributed by atoms with Gasteiger partial charge in [-0.15, -0.1) is 0 Å². The van der Waals surface area contributed by atoms with E-state index < -0.39 is 32.5 Å². The van der Waals surface area contributed by atoms with Crippen LogP contribution in [0.3, 0.4) is 0 Å². The predicted octanol–water partition coefficient (Wildman–Crippen LogP) is 9.66. The van der Waals surface area contributed by atoms with Crippen LogP contribution in [-0.4, -0.2) is 49.3 Å². The van der Waals surface area contributed by atoms with Crippen molar-refractivity contribution >= 4 is 19.8 Å². The maximum Gasteiger partial charge on any atom is 0.472 e. The summed E-state index contributed by atoms with van der Waals surface area (Å²) in [5, 5.41) is 0. The summed E-state index contributed by atoms with van der Waals surface area (Å²) in [5.41, 5.74) is 5.29. The second kappa shape index (κ2) is 33.4. The molecule has 0 heterocycles. The van der Waals surface area contributed by atoms with E-state index in [9.17, 15) is 19.0 Å². The van der Waals surface area contributed by atoms with Crippen molar-refractivity contribution in [2.75, 3.05) is 26.4 Å². The molecule has 270 valence electrons. The normalized spacial score (nSPS) is 13.7. The summed E-state index contributed by atoms with van der Waals surface area (Å²) in [6, 6.07) is 0. The quantitative estimate of drug-likeness (QED) is 0.0296. The number of hydrogen-bond acceptors (Lipinski definition) is 8. The third-order valence-corrected chi connectivity index (χ3v) is 8.57. The van der Waals surface area contributed by atoms with E-state index in [4.69, 9.17) is 24.3 Å². The average molecular weight is 674 g/mol. The van der Waals surface area contributed by atoms with Gasteiger partial charge in [-0.3, -0.25) is 18.6 Å². The Hall–Kier alpha value is -1.51. The molecular formula is C36H68NO8P. The fraction of sp³-hybridized carbons (Fsp3) is 0.833. The van der Waals surface area contributed by atoms with Crippen LogP contribution in [0.4, 0.5) is 0 Å². The maximum atomic E-state index is 12.4. The van der Waals surface area contributed by atoms with Crippen molar-refractivity contribution in [3.05, 3.63) is 24.3 Å². The molecule has 2 atom stereocenters. The molecule has 0 amide bonds. The number of nitrogens with two attached hydrogens (primary N) is 1. The fourth-order valence-corrected chi connectivity index (χ4v) is 5.58. The van der Waals surface area contributed by atoms with Crippen molar-refractivity contribution in [1.82, 2.24) is 0 Å². The Morgan fingerprint density at radius 3 is 1.70 bits per heavy atom. The number of carbonyl (C=O) groups is 2. The molecule has 0 aromatic rings. The number of allylic oxidation sites excluding steroid dienone is 4. The largest absolute Gasteiger partial charge is 0.472 e. The minimum Gasteiger partial charge on any atom is -0.462 e. The van der Waals surface area contributed by atoms with E-state index in [-0.39, 0.29) is 32.6 Å². The third-order valence-electron chi connectivity index (χ3n) is 7.59. The van der Waals surface area contributed by atoms with Crippen LogP contribution < -0.4 is 5.73 Å². The van der Waals surface area contributed by atoms with Crippen LogP contribution in [0.15, 0.2) is 24.3 Å². The van der Waals surface area contributed by atoms with E-state index in [0.29, 0.717) is 12.8 Å². The molecule has 0 rings (SSSR count). The van der Waals surface area contributed by atoms with E-state index in [1.807, 2.05) is 6.92 Å². The summed E-state index contributed by atoms with van der Waals surface area (Å²) in [7, 11) is -4.35. The molecule has 0 radical (unpaired) electrons. The molecule has 10 heteroatoms. The minimum absolute atomic E-state index is 0.0532. The molecule has 0 bridgehead atoms. The van der Waals surface area contributed by atoms with Gasteiger partial charge < -0.3 is 20.1 Å². The number of hydrogen-bond donors (Lipinski definition) is 2. The van der Waals surface area contributed by atoms with Crippen molar-refractivity contribution in [3.8, 4) is 0 Å². The predicted molar refractivity (Wildman–Crippen MR) is 187 cm³/mol. The molecule has 46 heavy (non-hydrogen) atoms. The van der Waals surface area contributed by atoms with Crippen molar-refractivity contribution in [2.45, 2.75) is 168 Å². The van der Waals surface area contributed by atoms with Crippen LogP contribution >= 0.6 is 7.82 Å². The standard InChI is InChI=1S/C36H68NO8P/c1-3-5-7-8-9-10-11-12-13-14-15-16-17-18-19-20-21-22-23-24-25-26-27-29-36(39)45-34(32-42-35(38)28-6-4-2)33-44-46(40,41)43-31-30-37/h11-12,14-15,34H,3-10,13,16-33,37H2,1-2H3,(H,40,41)/b12-11-,15-14-. The zero-order chi connectivity index (χ0) is 34.0. The van der Waals surface area contributed by atoms with Gasteiger partial charge in [-0.1, -0.05) is 128 Å². The lowest BCUT2D eigenvalue weighted by molar-refractivity contribution is -0.161. The Balaban J connectivity index is 3.86. The van der Waals surface area contributed by atoms with Crippen LogP contribution in [0.1, 0.15) is 162 Å². The van der Waals surface area contributed by atoms with Gasteiger partial charge in [0.15, 0.2) is 6.10 Å². The van der Waals surface area contributed by atoms with E-state index in [1.165, 1.54) is 89.9 Å². The molecule has 0 fully saturated rings. The highest BCUT2D eigenvalue weighted by molar-refractivity contribution is 7.47. The molecule has 2 unspecified atom stereocenters. The Labute approximate surface area is 281 Å². The highest BCUT2D eigenvalue weighted by Crippen LogP contribution is 2.43. The smallest absolute Gasteiger partial charge is 0.462 e. The summed E-state index contributed by atoms with van der Waals surface area (Å²) >= 11 is 0. The SMILES string of the molecule is CCCCCCC/C=C\C/C=C\CCCCCCCCCCCCCC(=O)OC(COC(=O)CCCC)COP(=O)(O)OCCN. The van der Waals surface area contributed by atoms with Gasteiger partial charge in [0.05, 0.1) is 13.2 Å². The third kappa shape index (κ3) is 32.4. The molecule has 0 aliphatic heterocycles. The molecule has 0 saturated heterocycles. The second-order valence-corrected chi connectivity index (χ2v) is 13.5. The Bertz CT molecular complexity index is 820. The zero-order valence-electron chi connectivity index (χ0n) is 29.3. The molecule has 0 aromatic heterocycles. The van der Waals surface area contributed by atoms with Gasteiger partial charge in [0.2, 0.25) is 0 Å². The van der Waals surface area contributed by atoms with Crippen LogP contribution in [0, 0.1) is 0 Å². The van der Waals surface area contributed by atoms with E-state index in [1.54, 1.807) is 0 Å².